The number of aryl methyl sites for hydroxylation is 1. The molecule has 1 saturated heterocycles. The van der Waals surface area contributed by atoms with E-state index in [1.807, 2.05) is 0 Å². The Morgan fingerprint density at radius 3 is 2.59 bits per heavy atom. The Hall–Kier alpha value is -2.42. The van der Waals surface area contributed by atoms with Crippen LogP contribution in [0.1, 0.15) is 22.5 Å². The average molecular weight is 322 g/mol. The van der Waals surface area contributed by atoms with E-state index in [0.717, 1.165) is 15.9 Å². The topological polar surface area (TPSA) is 93.4 Å². The SMILES string of the molecule is Cn1c(=O)c2cc(C(=O)NN3CCCC3=O)sc2n(C)c1=O. The molecule has 116 valence electrons. The van der Waals surface area contributed by atoms with Gasteiger partial charge in [0.25, 0.3) is 11.5 Å². The zero-order valence-corrected chi connectivity index (χ0v) is 12.9. The Balaban J connectivity index is 2.02. The lowest BCUT2D eigenvalue weighted by atomic mass is 10.3. The van der Waals surface area contributed by atoms with Gasteiger partial charge in [0.15, 0.2) is 0 Å². The molecule has 0 bridgehead atoms. The number of rotatable bonds is 2. The van der Waals surface area contributed by atoms with Gasteiger partial charge in [0.1, 0.15) is 4.83 Å². The molecule has 3 rings (SSSR count). The number of amides is 2. The van der Waals surface area contributed by atoms with Gasteiger partial charge in [-0.15, -0.1) is 11.3 Å². The first-order valence-corrected chi connectivity index (χ1v) is 7.52. The number of hydrogen-bond donors (Lipinski definition) is 1. The predicted octanol–water partition coefficient (Wildman–Crippen LogP) is -0.434. The normalized spacial score (nSPS) is 14.8. The summed E-state index contributed by atoms with van der Waals surface area (Å²) in [4.78, 5) is 48.4. The van der Waals surface area contributed by atoms with Crippen molar-refractivity contribution in [3.8, 4) is 0 Å². The molecule has 0 saturated carbocycles. The van der Waals surface area contributed by atoms with E-state index in [0.29, 0.717) is 29.6 Å². The molecular formula is C13H14N4O4S. The van der Waals surface area contributed by atoms with Crippen molar-refractivity contribution in [1.29, 1.82) is 0 Å². The zero-order valence-electron chi connectivity index (χ0n) is 12.1. The average Bonchev–Trinajstić information content (AvgIpc) is 3.10. The lowest BCUT2D eigenvalue weighted by Gasteiger charge is -2.15. The minimum atomic E-state index is -0.453. The molecule has 2 aromatic rings. The molecule has 1 N–H and O–H groups in total. The third-order valence-corrected chi connectivity index (χ3v) is 4.87. The van der Waals surface area contributed by atoms with Gasteiger partial charge in [0, 0.05) is 27.1 Å². The van der Waals surface area contributed by atoms with E-state index in [1.54, 1.807) is 7.05 Å². The summed E-state index contributed by atoms with van der Waals surface area (Å²) in [6.07, 6.45) is 1.13. The minimum Gasteiger partial charge on any atom is -0.287 e. The highest BCUT2D eigenvalue weighted by atomic mass is 32.1. The summed E-state index contributed by atoms with van der Waals surface area (Å²) in [5.74, 6) is -0.580. The smallest absolute Gasteiger partial charge is 0.287 e. The van der Waals surface area contributed by atoms with Crippen LogP contribution < -0.4 is 16.7 Å². The first-order chi connectivity index (χ1) is 10.4. The summed E-state index contributed by atoms with van der Waals surface area (Å²) in [7, 11) is 2.94. The number of nitrogens with one attached hydrogen (secondary N) is 1. The van der Waals surface area contributed by atoms with Gasteiger partial charge in [-0.05, 0) is 12.5 Å². The molecule has 1 aliphatic heterocycles. The van der Waals surface area contributed by atoms with Crippen LogP contribution in [0.3, 0.4) is 0 Å². The Morgan fingerprint density at radius 1 is 1.23 bits per heavy atom. The van der Waals surface area contributed by atoms with Crippen molar-refractivity contribution in [3.05, 3.63) is 31.8 Å². The summed E-state index contributed by atoms with van der Waals surface area (Å²) >= 11 is 1.05. The largest absolute Gasteiger partial charge is 0.331 e. The number of thiophene rings is 1. The van der Waals surface area contributed by atoms with E-state index in [9.17, 15) is 19.2 Å². The van der Waals surface area contributed by atoms with Crippen molar-refractivity contribution >= 4 is 33.4 Å². The van der Waals surface area contributed by atoms with E-state index in [1.165, 1.54) is 22.7 Å². The van der Waals surface area contributed by atoms with Gasteiger partial charge in [-0.25, -0.2) is 4.79 Å². The molecule has 1 fully saturated rings. The highest BCUT2D eigenvalue weighted by Crippen LogP contribution is 2.21. The Bertz CT molecular complexity index is 907. The van der Waals surface area contributed by atoms with E-state index >= 15 is 0 Å². The van der Waals surface area contributed by atoms with Crippen molar-refractivity contribution in [3.63, 3.8) is 0 Å². The second-order valence-electron chi connectivity index (χ2n) is 5.13. The predicted molar refractivity (Wildman–Crippen MR) is 80.7 cm³/mol. The molecule has 0 unspecified atom stereocenters. The fourth-order valence-corrected chi connectivity index (χ4v) is 3.41. The third-order valence-electron chi connectivity index (χ3n) is 3.66. The maximum absolute atomic E-state index is 12.2. The molecule has 0 atom stereocenters. The van der Waals surface area contributed by atoms with Crippen LogP contribution in [0.25, 0.3) is 10.2 Å². The number of fused-ring (bicyclic) bond motifs is 1. The number of carbonyl (C=O) groups is 2. The molecule has 1 aliphatic rings. The van der Waals surface area contributed by atoms with Crippen LogP contribution in [0.4, 0.5) is 0 Å². The third kappa shape index (κ3) is 2.13. The summed E-state index contributed by atoms with van der Waals surface area (Å²) in [6, 6.07) is 1.46. The van der Waals surface area contributed by atoms with E-state index < -0.39 is 17.2 Å². The lowest BCUT2D eigenvalue weighted by Crippen LogP contribution is -2.42. The van der Waals surface area contributed by atoms with Gasteiger partial charge >= 0.3 is 5.69 Å². The number of nitrogens with zero attached hydrogens (tertiary/aromatic N) is 3. The van der Waals surface area contributed by atoms with Crippen molar-refractivity contribution in [2.24, 2.45) is 14.1 Å². The van der Waals surface area contributed by atoms with Gasteiger partial charge < -0.3 is 0 Å². The van der Waals surface area contributed by atoms with Crippen LogP contribution >= 0.6 is 11.3 Å². The number of aromatic nitrogens is 2. The molecule has 9 heteroatoms. The Kier molecular flexibility index (Phi) is 3.36. The molecule has 0 spiro atoms. The van der Waals surface area contributed by atoms with Crippen molar-refractivity contribution < 1.29 is 9.59 Å². The maximum Gasteiger partial charge on any atom is 0.331 e. The van der Waals surface area contributed by atoms with Crippen LogP contribution in [-0.4, -0.2) is 32.5 Å². The monoisotopic (exact) mass is 322 g/mol. The maximum atomic E-state index is 12.2. The van der Waals surface area contributed by atoms with Crippen LogP contribution in [0.2, 0.25) is 0 Å². The van der Waals surface area contributed by atoms with Crippen molar-refractivity contribution in [2.45, 2.75) is 12.8 Å². The Morgan fingerprint density at radius 2 is 1.95 bits per heavy atom. The first kappa shape index (κ1) is 14.5. The second-order valence-corrected chi connectivity index (χ2v) is 6.16. The van der Waals surface area contributed by atoms with Gasteiger partial charge in [0.05, 0.1) is 10.3 Å². The molecule has 0 aromatic carbocycles. The van der Waals surface area contributed by atoms with Gasteiger partial charge in [-0.1, -0.05) is 0 Å². The summed E-state index contributed by atoms with van der Waals surface area (Å²) in [5.41, 5.74) is 1.65. The van der Waals surface area contributed by atoms with Gasteiger partial charge in [0.2, 0.25) is 5.91 Å². The summed E-state index contributed by atoms with van der Waals surface area (Å²) in [5, 5.41) is 1.59. The number of hydrazine groups is 1. The fraction of sp³-hybridized carbons (Fsp3) is 0.385. The van der Waals surface area contributed by atoms with E-state index in [4.69, 9.17) is 0 Å². The molecule has 0 aliphatic carbocycles. The quantitative estimate of drug-likeness (QED) is 0.811. The van der Waals surface area contributed by atoms with E-state index in [2.05, 4.69) is 5.43 Å². The molecule has 22 heavy (non-hydrogen) atoms. The molecule has 0 radical (unpaired) electrons. The minimum absolute atomic E-state index is 0.127. The highest BCUT2D eigenvalue weighted by Gasteiger charge is 2.24. The van der Waals surface area contributed by atoms with Gasteiger partial charge in [-0.2, -0.15) is 0 Å². The molecule has 3 heterocycles. The van der Waals surface area contributed by atoms with Crippen LogP contribution in [-0.2, 0) is 18.9 Å². The first-order valence-electron chi connectivity index (χ1n) is 6.71. The summed E-state index contributed by atoms with van der Waals surface area (Å²) in [6.45, 7) is 0.482. The highest BCUT2D eigenvalue weighted by molar-refractivity contribution is 7.20. The van der Waals surface area contributed by atoms with Crippen LogP contribution in [0, 0.1) is 0 Å². The Labute approximate surface area is 128 Å². The van der Waals surface area contributed by atoms with Crippen LogP contribution in [0.5, 0.6) is 0 Å². The second kappa shape index (κ2) is 5.09. The van der Waals surface area contributed by atoms with Crippen molar-refractivity contribution in [1.82, 2.24) is 19.6 Å². The lowest BCUT2D eigenvalue weighted by molar-refractivity contribution is -0.129. The standard InChI is InChI=1S/C13H14N4O4S/c1-15-11(20)7-6-8(22-12(7)16(2)13(15)21)10(19)14-17-5-3-4-9(17)18/h6H,3-5H2,1-2H3,(H,14,19). The number of carbonyl (C=O) groups excluding carboxylic acids is 2. The molecular weight excluding hydrogens is 308 g/mol. The van der Waals surface area contributed by atoms with E-state index in [-0.39, 0.29) is 10.8 Å². The summed E-state index contributed by atoms with van der Waals surface area (Å²) < 4.78 is 2.33. The van der Waals surface area contributed by atoms with Crippen molar-refractivity contribution in [2.75, 3.05) is 6.54 Å². The van der Waals surface area contributed by atoms with Gasteiger partial charge in [-0.3, -0.25) is 34.0 Å². The molecule has 2 amide bonds. The number of hydrogen-bond acceptors (Lipinski definition) is 5. The fourth-order valence-electron chi connectivity index (χ4n) is 2.42. The zero-order chi connectivity index (χ0) is 16.0. The molecule has 8 nitrogen and oxygen atoms in total. The van der Waals surface area contributed by atoms with Crippen LogP contribution in [0.15, 0.2) is 15.7 Å². The molecule has 2 aromatic heterocycles.